The number of hydrogen-bond acceptors (Lipinski definition) is 2. The van der Waals surface area contributed by atoms with Crippen molar-refractivity contribution in [2.75, 3.05) is 6.61 Å². The van der Waals surface area contributed by atoms with E-state index in [-0.39, 0.29) is 5.16 Å². The van der Waals surface area contributed by atoms with Crippen molar-refractivity contribution < 1.29 is 4.74 Å². The van der Waals surface area contributed by atoms with Crippen LogP contribution in [0.5, 0.6) is 5.75 Å². The fraction of sp³-hybridized carbons (Fsp3) is 0.175. The Morgan fingerprint density at radius 3 is 1.64 bits per heavy atom. The minimum atomic E-state index is -0.846. The van der Waals surface area contributed by atoms with Gasteiger partial charge in [0.2, 0.25) is 6.71 Å². The second kappa shape index (κ2) is 16.5. The number of rotatable bonds is 12. The summed E-state index contributed by atoms with van der Waals surface area (Å²) in [7, 11) is -0.846. The average Bonchev–Trinajstić information content (AvgIpc) is 3.67. The third-order valence-electron chi connectivity index (χ3n) is 8.45. The molecule has 0 N–H and O–H groups in total. The van der Waals surface area contributed by atoms with E-state index in [1.807, 2.05) is 12.5 Å². The average molecular weight is 607 g/mol. The monoisotopic (exact) mass is 606 g/mol. The SMILES string of the molecule is CB(c1ccccc1)c1ccccc1.CCCCCOc1ccc([SiH2]C(c2ccccc2)(c2ccccc2)n2ccnc2)cc1. The molecule has 0 spiro atoms. The van der Waals surface area contributed by atoms with Crippen LogP contribution in [0.15, 0.2) is 164 Å². The van der Waals surface area contributed by atoms with Crippen LogP contribution in [-0.4, -0.2) is 32.4 Å². The van der Waals surface area contributed by atoms with Crippen LogP contribution < -0.4 is 20.8 Å². The molecule has 0 amide bonds. The van der Waals surface area contributed by atoms with E-state index in [2.05, 4.69) is 175 Å². The van der Waals surface area contributed by atoms with E-state index in [1.54, 1.807) is 0 Å². The number of ether oxygens (including phenoxy) is 1. The molecule has 1 aromatic heterocycles. The molecule has 5 heteroatoms. The van der Waals surface area contributed by atoms with Crippen LogP contribution in [0.4, 0.5) is 0 Å². The summed E-state index contributed by atoms with van der Waals surface area (Å²) < 4.78 is 8.23. The lowest BCUT2D eigenvalue weighted by atomic mass is 9.43. The van der Waals surface area contributed by atoms with Gasteiger partial charge in [-0.15, -0.1) is 0 Å². The van der Waals surface area contributed by atoms with Crippen LogP contribution >= 0.6 is 0 Å². The van der Waals surface area contributed by atoms with E-state index in [0.29, 0.717) is 6.71 Å². The van der Waals surface area contributed by atoms with E-state index < -0.39 is 9.52 Å². The fourth-order valence-corrected chi connectivity index (χ4v) is 8.20. The number of hydrogen-bond donors (Lipinski definition) is 0. The molecule has 0 unspecified atom stereocenters. The van der Waals surface area contributed by atoms with Crippen molar-refractivity contribution >= 4 is 32.3 Å². The van der Waals surface area contributed by atoms with E-state index in [0.717, 1.165) is 18.8 Å². The van der Waals surface area contributed by atoms with E-state index in [4.69, 9.17) is 4.74 Å². The molecular weight excluding hydrogens is 563 g/mol. The molecule has 45 heavy (non-hydrogen) atoms. The number of benzene rings is 5. The van der Waals surface area contributed by atoms with Gasteiger partial charge in [-0.2, -0.15) is 0 Å². The first-order valence-corrected chi connectivity index (χ1v) is 17.5. The molecule has 3 nitrogen and oxygen atoms in total. The molecule has 0 aliphatic rings. The van der Waals surface area contributed by atoms with Gasteiger partial charge in [0.1, 0.15) is 5.75 Å². The maximum Gasteiger partial charge on any atom is 0.206 e. The minimum absolute atomic E-state index is 0.248. The second-order valence-corrected chi connectivity index (χ2v) is 13.7. The Morgan fingerprint density at radius 1 is 0.667 bits per heavy atom. The van der Waals surface area contributed by atoms with Crippen LogP contribution in [0.1, 0.15) is 37.3 Å². The summed E-state index contributed by atoms with van der Waals surface area (Å²) in [6.45, 7) is 5.73. The standard InChI is InChI=1S/C27H30N2OSi.C13H13B/c1-2-3-10-21-30-25-15-17-26(18-16-25)31-27(29-20-19-28-22-29,23-11-6-4-7-12-23)24-13-8-5-9-14-24;1-14(12-8-4-2-5-9-12)13-10-6-3-7-11-13/h4-9,11-20,22H,2-3,10,21,31H2,1H3;2-11H,1H3. The molecule has 5 aromatic carbocycles. The van der Waals surface area contributed by atoms with Crippen molar-refractivity contribution in [1.82, 2.24) is 9.55 Å². The first-order valence-electron chi connectivity index (χ1n) is 16.1. The van der Waals surface area contributed by atoms with Gasteiger partial charge in [0, 0.05) is 12.4 Å². The largest absolute Gasteiger partial charge is 0.494 e. The van der Waals surface area contributed by atoms with Crippen LogP contribution in [0.25, 0.3) is 0 Å². The van der Waals surface area contributed by atoms with Gasteiger partial charge in [0.15, 0.2) is 0 Å². The summed E-state index contributed by atoms with van der Waals surface area (Å²) in [5.41, 5.74) is 5.34. The van der Waals surface area contributed by atoms with Crippen molar-refractivity contribution in [2.24, 2.45) is 0 Å². The molecule has 0 aliphatic carbocycles. The lowest BCUT2D eigenvalue weighted by Gasteiger charge is -2.37. The minimum Gasteiger partial charge on any atom is -0.494 e. The quantitative estimate of drug-likeness (QED) is 0.116. The highest BCUT2D eigenvalue weighted by atomic mass is 28.2. The molecule has 0 saturated heterocycles. The zero-order valence-electron chi connectivity index (χ0n) is 26.5. The number of imidazole rings is 1. The third kappa shape index (κ3) is 8.31. The Kier molecular flexibility index (Phi) is 11.6. The summed E-state index contributed by atoms with van der Waals surface area (Å²) >= 11 is 0. The van der Waals surface area contributed by atoms with Crippen LogP contribution in [0.3, 0.4) is 0 Å². The van der Waals surface area contributed by atoms with Crippen molar-refractivity contribution in [3.05, 3.63) is 175 Å². The molecule has 0 atom stereocenters. The zero-order chi connectivity index (χ0) is 31.2. The van der Waals surface area contributed by atoms with E-state index >= 15 is 0 Å². The van der Waals surface area contributed by atoms with E-state index in [1.165, 1.54) is 40.1 Å². The van der Waals surface area contributed by atoms with Gasteiger partial charge in [0.05, 0.1) is 27.6 Å². The first-order chi connectivity index (χ1) is 22.2. The van der Waals surface area contributed by atoms with E-state index in [9.17, 15) is 0 Å². The maximum absolute atomic E-state index is 5.93. The lowest BCUT2D eigenvalue weighted by Crippen LogP contribution is -2.46. The topological polar surface area (TPSA) is 27.1 Å². The summed E-state index contributed by atoms with van der Waals surface area (Å²) in [6, 6.07) is 51.6. The molecule has 0 fully saturated rings. The van der Waals surface area contributed by atoms with Gasteiger partial charge in [0.25, 0.3) is 0 Å². The van der Waals surface area contributed by atoms with Crippen molar-refractivity contribution in [2.45, 2.75) is 38.2 Å². The van der Waals surface area contributed by atoms with Crippen LogP contribution in [0, 0.1) is 0 Å². The fourth-order valence-electron chi connectivity index (χ4n) is 5.89. The molecular formula is C40H43BN2OSi. The number of aromatic nitrogens is 2. The normalized spacial score (nSPS) is 11.2. The predicted molar refractivity (Wildman–Crippen MR) is 195 cm³/mol. The third-order valence-corrected chi connectivity index (χ3v) is 11.0. The van der Waals surface area contributed by atoms with Crippen molar-refractivity contribution in [3.8, 4) is 5.75 Å². The van der Waals surface area contributed by atoms with Gasteiger partial charge >= 0.3 is 0 Å². The molecule has 6 aromatic rings. The number of nitrogens with zero attached hydrogens (tertiary/aromatic N) is 2. The molecule has 1 heterocycles. The molecule has 6 rings (SSSR count). The molecule has 0 aliphatic heterocycles. The molecule has 226 valence electrons. The van der Waals surface area contributed by atoms with Crippen molar-refractivity contribution in [3.63, 3.8) is 0 Å². The Bertz CT molecular complexity index is 1570. The summed E-state index contributed by atoms with van der Waals surface area (Å²) in [6.07, 6.45) is 9.47. The van der Waals surface area contributed by atoms with Gasteiger partial charge in [-0.25, -0.2) is 4.98 Å². The highest BCUT2D eigenvalue weighted by Gasteiger charge is 2.36. The zero-order valence-corrected chi connectivity index (χ0v) is 27.9. The first kappa shape index (κ1) is 31.8. The number of unbranched alkanes of at least 4 members (excludes halogenated alkanes) is 2. The summed E-state index contributed by atoms with van der Waals surface area (Å²) in [4.78, 5) is 4.41. The highest BCUT2D eigenvalue weighted by molar-refractivity contribution is 6.84. The smallest absolute Gasteiger partial charge is 0.206 e. The second-order valence-electron chi connectivity index (χ2n) is 11.5. The van der Waals surface area contributed by atoms with Gasteiger partial charge in [-0.3, -0.25) is 0 Å². The Morgan fingerprint density at radius 2 is 1.18 bits per heavy atom. The van der Waals surface area contributed by atoms with Crippen LogP contribution in [-0.2, 0) is 5.16 Å². The Balaban J connectivity index is 0.000000238. The molecule has 0 radical (unpaired) electrons. The Labute approximate surface area is 271 Å². The van der Waals surface area contributed by atoms with Crippen LogP contribution in [0.2, 0.25) is 6.82 Å². The van der Waals surface area contributed by atoms with Gasteiger partial charge in [-0.05, 0) is 29.7 Å². The van der Waals surface area contributed by atoms with Gasteiger partial charge in [-0.1, -0.05) is 176 Å². The summed E-state index contributed by atoms with van der Waals surface area (Å²) in [5.74, 6) is 0.960. The Hall–Kier alpha value is -4.61. The van der Waals surface area contributed by atoms with Crippen molar-refractivity contribution in [1.29, 1.82) is 0 Å². The molecule has 0 bridgehead atoms. The molecule has 0 saturated carbocycles. The maximum atomic E-state index is 5.93. The highest BCUT2D eigenvalue weighted by Crippen LogP contribution is 2.33. The lowest BCUT2D eigenvalue weighted by molar-refractivity contribution is 0.306. The predicted octanol–water partition coefficient (Wildman–Crippen LogP) is 6.62. The summed E-state index contributed by atoms with van der Waals surface area (Å²) in [5, 5.41) is 1.14. The van der Waals surface area contributed by atoms with Gasteiger partial charge < -0.3 is 9.30 Å².